The predicted octanol–water partition coefficient (Wildman–Crippen LogP) is 6.24. The van der Waals surface area contributed by atoms with Crippen molar-refractivity contribution in [2.75, 3.05) is 6.54 Å². The van der Waals surface area contributed by atoms with Gasteiger partial charge in [0.15, 0.2) is 0 Å². The third kappa shape index (κ3) is 4.04. The van der Waals surface area contributed by atoms with Gasteiger partial charge in [0, 0.05) is 12.0 Å². The normalized spacial score (nSPS) is 54.6. The monoisotopic (exact) mass is 469 g/mol. The number of aliphatic hydroxyl groups is 1. The highest BCUT2D eigenvalue weighted by Crippen LogP contribution is 2.64. The summed E-state index contributed by atoms with van der Waals surface area (Å²) in [7, 11) is 0. The van der Waals surface area contributed by atoms with Crippen LogP contribution in [0.2, 0.25) is 0 Å². The smallest absolute Gasteiger partial charge is 0.150 e. The van der Waals surface area contributed by atoms with Crippen molar-refractivity contribution in [3.63, 3.8) is 0 Å². The fourth-order valence-electron chi connectivity index (χ4n) is 11.4. The fourth-order valence-corrected chi connectivity index (χ4v) is 11.4. The number of aliphatic hydroxyl groups excluding tert-OH is 1. The lowest BCUT2D eigenvalue weighted by Gasteiger charge is -2.56. The lowest BCUT2D eigenvalue weighted by atomic mass is 9.49. The minimum atomic E-state index is -0.122. The van der Waals surface area contributed by atoms with Gasteiger partial charge in [-0.2, -0.15) is 0 Å². The first-order valence-electron chi connectivity index (χ1n) is 15.3. The van der Waals surface area contributed by atoms with Gasteiger partial charge in [-0.05, 0) is 136 Å². The number of fused-ring (bicyclic) bond motifs is 7. The van der Waals surface area contributed by atoms with E-state index < -0.39 is 0 Å². The molecule has 3 nitrogen and oxygen atoms in total. The molecule has 2 bridgehead atoms. The van der Waals surface area contributed by atoms with E-state index in [1.807, 2.05) is 0 Å². The van der Waals surface area contributed by atoms with Gasteiger partial charge in [-0.25, -0.2) is 0 Å². The van der Waals surface area contributed by atoms with Crippen molar-refractivity contribution < 1.29 is 9.90 Å². The zero-order valence-electron chi connectivity index (χ0n) is 22.2. The van der Waals surface area contributed by atoms with Crippen LogP contribution in [0, 0.1) is 64.6 Å². The molecule has 0 aromatic rings. The molecule has 6 aliphatic carbocycles. The van der Waals surface area contributed by atoms with Gasteiger partial charge >= 0.3 is 0 Å². The van der Waals surface area contributed by atoms with Crippen LogP contribution in [0.25, 0.3) is 0 Å². The standard InChI is InChI=1S/C31H51NO2/c1-18-4-6-24-21(12-18)5-7-26-25(24)10-11-31(3)27(26)8-9-28(31)29(34)17-32-30-19(2)13-20-14-22(30)16-23(33)15-20/h18-28,30,32-33H,4-17H2,1-3H3. The molecular weight excluding hydrogens is 418 g/mol. The van der Waals surface area contributed by atoms with Gasteiger partial charge in [-0.15, -0.1) is 0 Å². The van der Waals surface area contributed by atoms with Crippen LogP contribution in [0.4, 0.5) is 0 Å². The first kappa shape index (κ1) is 24.0. The fraction of sp³-hybridized carbons (Fsp3) is 0.968. The molecule has 6 rings (SSSR count). The first-order chi connectivity index (χ1) is 16.3. The van der Waals surface area contributed by atoms with Crippen LogP contribution >= 0.6 is 0 Å². The second-order valence-electron chi connectivity index (χ2n) is 14.6. The number of hydrogen-bond acceptors (Lipinski definition) is 3. The van der Waals surface area contributed by atoms with E-state index in [-0.39, 0.29) is 17.4 Å². The van der Waals surface area contributed by atoms with Crippen LogP contribution in [0.5, 0.6) is 0 Å². The van der Waals surface area contributed by atoms with Gasteiger partial charge < -0.3 is 10.4 Å². The zero-order chi connectivity index (χ0) is 23.6. The summed E-state index contributed by atoms with van der Waals surface area (Å²) in [6, 6.07) is 0.417. The molecule has 6 fully saturated rings. The molecule has 0 amide bonds. The van der Waals surface area contributed by atoms with Gasteiger partial charge in [-0.1, -0.05) is 27.2 Å². The number of ketones is 1. The average Bonchev–Trinajstić information content (AvgIpc) is 3.15. The minimum Gasteiger partial charge on any atom is -0.393 e. The minimum absolute atomic E-state index is 0.122. The van der Waals surface area contributed by atoms with E-state index in [9.17, 15) is 9.90 Å². The van der Waals surface area contributed by atoms with Crippen molar-refractivity contribution in [1.29, 1.82) is 0 Å². The van der Waals surface area contributed by atoms with E-state index in [2.05, 4.69) is 26.1 Å². The lowest BCUT2D eigenvalue weighted by Crippen LogP contribution is -2.53. The van der Waals surface area contributed by atoms with E-state index in [1.54, 1.807) is 0 Å². The third-order valence-corrected chi connectivity index (χ3v) is 12.8. The quantitative estimate of drug-likeness (QED) is 0.513. The van der Waals surface area contributed by atoms with Crippen LogP contribution in [0.3, 0.4) is 0 Å². The molecule has 0 aromatic heterocycles. The zero-order valence-corrected chi connectivity index (χ0v) is 22.2. The summed E-state index contributed by atoms with van der Waals surface area (Å²) in [5.74, 6) is 8.28. The number of carbonyl (C=O) groups is 1. The van der Waals surface area contributed by atoms with Gasteiger partial charge in [0.05, 0.1) is 12.6 Å². The van der Waals surface area contributed by atoms with Crippen molar-refractivity contribution in [2.45, 2.75) is 116 Å². The number of carbonyl (C=O) groups excluding carboxylic acids is 1. The Bertz CT molecular complexity index is 763. The summed E-state index contributed by atoms with van der Waals surface area (Å²) in [6.45, 7) is 7.93. The maximum atomic E-state index is 13.7. The molecule has 6 saturated carbocycles. The molecule has 6 aliphatic rings. The number of nitrogens with one attached hydrogen (secondary N) is 1. The van der Waals surface area contributed by atoms with E-state index >= 15 is 0 Å². The summed E-state index contributed by atoms with van der Waals surface area (Å²) in [5.41, 5.74) is 0.249. The molecule has 2 N–H and O–H groups in total. The van der Waals surface area contributed by atoms with Crippen LogP contribution < -0.4 is 5.32 Å². The van der Waals surface area contributed by atoms with Crippen LogP contribution in [0.1, 0.15) is 104 Å². The summed E-state index contributed by atoms with van der Waals surface area (Å²) in [4.78, 5) is 13.7. The summed E-state index contributed by atoms with van der Waals surface area (Å²) < 4.78 is 0. The predicted molar refractivity (Wildman–Crippen MR) is 137 cm³/mol. The molecule has 0 saturated heterocycles. The van der Waals surface area contributed by atoms with Gasteiger partial charge in [0.2, 0.25) is 0 Å². The Hall–Kier alpha value is -0.410. The molecule has 34 heavy (non-hydrogen) atoms. The van der Waals surface area contributed by atoms with E-state index in [0.717, 1.165) is 54.8 Å². The molecule has 13 atom stereocenters. The third-order valence-electron chi connectivity index (χ3n) is 12.8. The Morgan fingerprint density at radius 3 is 2.53 bits per heavy atom. The van der Waals surface area contributed by atoms with E-state index in [0.29, 0.717) is 36.1 Å². The highest BCUT2D eigenvalue weighted by Gasteiger charge is 2.58. The molecule has 3 heteroatoms. The van der Waals surface area contributed by atoms with E-state index in [1.165, 1.54) is 64.2 Å². The van der Waals surface area contributed by atoms with Gasteiger partial charge in [0.25, 0.3) is 0 Å². The van der Waals surface area contributed by atoms with Gasteiger partial charge in [-0.3, -0.25) is 4.79 Å². The average molecular weight is 470 g/mol. The number of rotatable bonds is 4. The molecular formula is C31H51NO2. The molecule has 0 radical (unpaired) electrons. The Labute approximate surface area is 208 Å². The topological polar surface area (TPSA) is 49.3 Å². The molecule has 0 spiro atoms. The largest absolute Gasteiger partial charge is 0.393 e. The van der Waals surface area contributed by atoms with Crippen molar-refractivity contribution in [2.24, 2.45) is 64.6 Å². The second-order valence-corrected chi connectivity index (χ2v) is 14.6. The molecule has 0 aromatic carbocycles. The second kappa shape index (κ2) is 9.16. The SMILES string of the molecule is CC1CCC2C(CCC3C2CCC2(C)C(C(=O)CNC4C(C)CC5CC(O)CC4C5)CCC32)C1. The lowest BCUT2D eigenvalue weighted by molar-refractivity contribution is -0.130. The van der Waals surface area contributed by atoms with Crippen molar-refractivity contribution in [1.82, 2.24) is 5.32 Å². The Morgan fingerprint density at radius 1 is 0.853 bits per heavy atom. The van der Waals surface area contributed by atoms with Crippen LogP contribution in [-0.2, 0) is 4.79 Å². The molecule has 13 unspecified atom stereocenters. The highest BCUT2D eigenvalue weighted by molar-refractivity contribution is 5.84. The molecule has 192 valence electrons. The number of hydrogen-bond donors (Lipinski definition) is 2. The highest BCUT2D eigenvalue weighted by atomic mass is 16.3. The maximum Gasteiger partial charge on any atom is 0.150 e. The van der Waals surface area contributed by atoms with Crippen molar-refractivity contribution in [3.05, 3.63) is 0 Å². The summed E-state index contributed by atoms with van der Waals surface area (Å²) in [6.07, 6.45) is 16.7. The van der Waals surface area contributed by atoms with Crippen LogP contribution in [0.15, 0.2) is 0 Å². The van der Waals surface area contributed by atoms with Crippen molar-refractivity contribution >= 4 is 5.78 Å². The summed E-state index contributed by atoms with van der Waals surface area (Å²) in [5, 5.41) is 14.1. The Morgan fingerprint density at radius 2 is 1.68 bits per heavy atom. The first-order valence-corrected chi connectivity index (χ1v) is 15.3. The molecule has 0 aliphatic heterocycles. The Balaban J connectivity index is 1.10. The van der Waals surface area contributed by atoms with Crippen LogP contribution in [-0.4, -0.2) is 29.6 Å². The molecule has 0 heterocycles. The van der Waals surface area contributed by atoms with Gasteiger partial charge in [0.1, 0.15) is 5.78 Å². The Kier molecular flexibility index (Phi) is 6.45. The maximum absolute atomic E-state index is 13.7. The number of Topliss-reactive ketones (excluding diaryl/α,β-unsaturated/α-hetero) is 1. The van der Waals surface area contributed by atoms with Crippen molar-refractivity contribution in [3.8, 4) is 0 Å². The van der Waals surface area contributed by atoms with E-state index in [4.69, 9.17) is 0 Å². The summed E-state index contributed by atoms with van der Waals surface area (Å²) >= 11 is 0.